The molecule has 7 heteroatoms. The van der Waals surface area contributed by atoms with Gasteiger partial charge in [-0.2, -0.15) is 0 Å². The summed E-state index contributed by atoms with van der Waals surface area (Å²) in [5.74, 6) is 0.00476. The molecule has 0 saturated heterocycles. The van der Waals surface area contributed by atoms with Crippen LogP contribution in [-0.2, 0) is 0 Å². The zero-order valence-electron chi connectivity index (χ0n) is 12.6. The first-order valence-corrected chi connectivity index (χ1v) is 7.15. The molecule has 0 atom stereocenters. The molecule has 2 aromatic carbocycles. The largest absolute Gasteiger partial charge is 0.495 e. The summed E-state index contributed by atoms with van der Waals surface area (Å²) < 4.78 is 5.16. The van der Waals surface area contributed by atoms with Crippen molar-refractivity contribution >= 4 is 29.2 Å². The molecule has 3 amide bonds. The van der Waals surface area contributed by atoms with Crippen LogP contribution in [-0.4, -0.2) is 19.0 Å². The highest BCUT2D eigenvalue weighted by Gasteiger charge is 2.11. The number of carbonyl (C=O) groups is 2. The first-order chi connectivity index (χ1) is 11.0. The van der Waals surface area contributed by atoms with Gasteiger partial charge in [-0.15, -0.1) is 0 Å². The Morgan fingerprint density at radius 3 is 2.52 bits per heavy atom. The van der Waals surface area contributed by atoms with Gasteiger partial charge in [-0.3, -0.25) is 10.2 Å². The maximum absolute atomic E-state index is 11.9. The number of benzene rings is 2. The molecule has 0 aromatic heterocycles. The van der Waals surface area contributed by atoms with Gasteiger partial charge in [0.2, 0.25) is 0 Å². The number of ether oxygens (including phenoxy) is 1. The number of nitrogens with one attached hydrogen (secondary N) is 3. The van der Waals surface area contributed by atoms with Crippen LogP contribution in [0.4, 0.5) is 10.5 Å². The van der Waals surface area contributed by atoms with Crippen molar-refractivity contribution in [2.45, 2.75) is 6.92 Å². The number of urea groups is 1. The number of aryl methyl sites for hydroxylation is 1. The standard InChI is InChI=1S/C16H16ClN3O3/c1-10-7-8-14(23-2)13(9-10)18-16(22)20-19-15(21)11-5-3-4-6-12(11)17/h3-9H,1-2H3,(H,19,21)(H2,18,20,22). The van der Waals surface area contributed by atoms with Gasteiger partial charge >= 0.3 is 6.03 Å². The number of hydrazine groups is 1. The van der Waals surface area contributed by atoms with Crippen LogP contribution < -0.4 is 20.9 Å². The summed E-state index contributed by atoms with van der Waals surface area (Å²) in [5.41, 5.74) is 6.27. The van der Waals surface area contributed by atoms with E-state index in [0.717, 1.165) is 5.56 Å². The lowest BCUT2D eigenvalue weighted by Crippen LogP contribution is -2.44. The lowest BCUT2D eigenvalue weighted by Gasteiger charge is -2.12. The van der Waals surface area contributed by atoms with Crippen molar-refractivity contribution in [1.29, 1.82) is 0 Å². The summed E-state index contributed by atoms with van der Waals surface area (Å²) in [6, 6.07) is 11.3. The molecule has 23 heavy (non-hydrogen) atoms. The van der Waals surface area contributed by atoms with Crippen LogP contribution in [0.5, 0.6) is 5.75 Å². The molecule has 0 heterocycles. The summed E-state index contributed by atoms with van der Waals surface area (Å²) in [6.45, 7) is 1.89. The molecule has 0 aliphatic heterocycles. The molecule has 3 N–H and O–H groups in total. The van der Waals surface area contributed by atoms with E-state index in [-0.39, 0.29) is 5.56 Å². The fourth-order valence-electron chi connectivity index (χ4n) is 1.90. The van der Waals surface area contributed by atoms with Gasteiger partial charge in [0.1, 0.15) is 5.75 Å². The minimum atomic E-state index is -0.602. The van der Waals surface area contributed by atoms with E-state index < -0.39 is 11.9 Å². The number of methoxy groups -OCH3 is 1. The zero-order chi connectivity index (χ0) is 16.8. The number of amides is 3. The van der Waals surface area contributed by atoms with E-state index in [1.807, 2.05) is 13.0 Å². The van der Waals surface area contributed by atoms with E-state index in [4.69, 9.17) is 16.3 Å². The van der Waals surface area contributed by atoms with Crippen LogP contribution in [0, 0.1) is 6.92 Å². The zero-order valence-corrected chi connectivity index (χ0v) is 13.4. The third-order valence-electron chi connectivity index (χ3n) is 3.01. The number of carbonyl (C=O) groups excluding carboxylic acids is 2. The van der Waals surface area contributed by atoms with Gasteiger partial charge in [-0.1, -0.05) is 29.8 Å². The van der Waals surface area contributed by atoms with E-state index in [1.165, 1.54) is 7.11 Å². The predicted molar refractivity (Wildman–Crippen MR) is 88.8 cm³/mol. The molecule has 2 rings (SSSR count). The third-order valence-corrected chi connectivity index (χ3v) is 3.34. The lowest BCUT2D eigenvalue weighted by atomic mass is 10.2. The molecule has 2 aromatic rings. The molecule has 0 fully saturated rings. The van der Waals surface area contributed by atoms with E-state index >= 15 is 0 Å². The highest BCUT2D eigenvalue weighted by Crippen LogP contribution is 2.24. The van der Waals surface area contributed by atoms with Gasteiger partial charge in [0.25, 0.3) is 5.91 Å². The topological polar surface area (TPSA) is 79.5 Å². The molecule has 0 aliphatic rings. The molecule has 0 unspecified atom stereocenters. The molecule has 120 valence electrons. The Bertz CT molecular complexity index is 734. The Hall–Kier alpha value is -2.73. The molecule has 0 bridgehead atoms. The molecule has 6 nitrogen and oxygen atoms in total. The SMILES string of the molecule is COc1ccc(C)cc1NC(=O)NNC(=O)c1ccccc1Cl. The van der Waals surface area contributed by atoms with Crippen molar-refractivity contribution in [3.05, 3.63) is 58.6 Å². The lowest BCUT2D eigenvalue weighted by molar-refractivity contribution is 0.0938. The van der Waals surface area contributed by atoms with E-state index in [0.29, 0.717) is 16.5 Å². The fraction of sp³-hybridized carbons (Fsp3) is 0.125. The Labute approximate surface area is 138 Å². The number of hydrogen-bond donors (Lipinski definition) is 3. The Morgan fingerprint density at radius 1 is 1.09 bits per heavy atom. The summed E-state index contributed by atoms with van der Waals surface area (Å²) in [7, 11) is 1.51. The summed E-state index contributed by atoms with van der Waals surface area (Å²) in [6.07, 6.45) is 0. The second-order valence-corrected chi connectivity index (χ2v) is 5.12. The van der Waals surface area contributed by atoms with Gasteiger partial charge in [0, 0.05) is 0 Å². The summed E-state index contributed by atoms with van der Waals surface area (Å²) in [4.78, 5) is 23.8. The number of anilines is 1. The average molecular weight is 334 g/mol. The van der Waals surface area contributed by atoms with Crippen molar-refractivity contribution in [3.8, 4) is 5.75 Å². The van der Waals surface area contributed by atoms with Crippen LogP contribution in [0.2, 0.25) is 5.02 Å². The van der Waals surface area contributed by atoms with Crippen molar-refractivity contribution < 1.29 is 14.3 Å². The monoisotopic (exact) mass is 333 g/mol. The molecule has 0 aliphatic carbocycles. The number of halogens is 1. The molecule has 0 spiro atoms. The highest BCUT2D eigenvalue weighted by atomic mass is 35.5. The Kier molecular flexibility index (Phi) is 5.43. The molecular weight excluding hydrogens is 318 g/mol. The van der Waals surface area contributed by atoms with Crippen LogP contribution in [0.1, 0.15) is 15.9 Å². The Morgan fingerprint density at radius 2 is 1.83 bits per heavy atom. The quantitative estimate of drug-likeness (QED) is 0.755. The van der Waals surface area contributed by atoms with Crippen molar-refractivity contribution in [1.82, 2.24) is 10.9 Å². The smallest absolute Gasteiger partial charge is 0.338 e. The molecular formula is C16H16ClN3O3. The number of rotatable bonds is 3. The van der Waals surface area contributed by atoms with Crippen molar-refractivity contribution in [2.24, 2.45) is 0 Å². The first kappa shape index (κ1) is 16.6. The average Bonchev–Trinajstić information content (AvgIpc) is 2.53. The maximum Gasteiger partial charge on any atom is 0.338 e. The normalized spacial score (nSPS) is 9.87. The van der Waals surface area contributed by atoms with E-state index in [2.05, 4.69) is 16.2 Å². The van der Waals surface area contributed by atoms with Crippen LogP contribution in [0.15, 0.2) is 42.5 Å². The van der Waals surface area contributed by atoms with Gasteiger partial charge in [0.05, 0.1) is 23.4 Å². The van der Waals surface area contributed by atoms with Gasteiger partial charge in [-0.05, 0) is 36.8 Å². The van der Waals surface area contributed by atoms with Crippen LogP contribution in [0.3, 0.4) is 0 Å². The predicted octanol–water partition coefficient (Wildman–Crippen LogP) is 3.12. The highest BCUT2D eigenvalue weighted by molar-refractivity contribution is 6.33. The van der Waals surface area contributed by atoms with Crippen LogP contribution in [0.25, 0.3) is 0 Å². The van der Waals surface area contributed by atoms with Gasteiger partial charge < -0.3 is 10.1 Å². The van der Waals surface area contributed by atoms with Gasteiger partial charge in [0.15, 0.2) is 0 Å². The van der Waals surface area contributed by atoms with Gasteiger partial charge in [-0.25, -0.2) is 10.2 Å². The van der Waals surface area contributed by atoms with E-state index in [1.54, 1.807) is 36.4 Å². The third kappa shape index (κ3) is 4.37. The second-order valence-electron chi connectivity index (χ2n) is 4.72. The summed E-state index contributed by atoms with van der Waals surface area (Å²) >= 11 is 5.92. The van der Waals surface area contributed by atoms with Crippen molar-refractivity contribution in [3.63, 3.8) is 0 Å². The number of hydrogen-bond acceptors (Lipinski definition) is 3. The second kappa shape index (κ2) is 7.51. The maximum atomic E-state index is 11.9. The minimum absolute atomic E-state index is 0.266. The van der Waals surface area contributed by atoms with E-state index in [9.17, 15) is 9.59 Å². The minimum Gasteiger partial charge on any atom is -0.495 e. The fourth-order valence-corrected chi connectivity index (χ4v) is 2.12. The first-order valence-electron chi connectivity index (χ1n) is 6.77. The molecule has 0 saturated carbocycles. The Balaban J connectivity index is 1.97. The molecule has 0 radical (unpaired) electrons. The van der Waals surface area contributed by atoms with Crippen molar-refractivity contribution in [2.75, 3.05) is 12.4 Å². The summed E-state index contributed by atoms with van der Waals surface area (Å²) in [5, 5.41) is 2.90. The van der Waals surface area contributed by atoms with Crippen LogP contribution >= 0.6 is 11.6 Å².